The number of nitrogens with one attached hydrogen (secondary N) is 1. The fourth-order valence-corrected chi connectivity index (χ4v) is 6.76. The molecule has 4 heterocycles. The van der Waals surface area contributed by atoms with Crippen LogP contribution in [0.2, 0.25) is 0 Å². The van der Waals surface area contributed by atoms with Gasteiger partial charge in [-0.1, -0.05) is 6.92 Å². The van der Waals surface area contributed by atoms with Crippen LogP contribution in [0.3, 0.4) is 0 Å². The lowest BCUT2D eigenvalue weighted by atomic mass is 9.80. The number of carbonyl (C=O) groups excluding carboxylic acids is 2. The first kappa shape index (κ1) is 24.5. The highest BCUT2D eigenvalue weighted by Crippen LogP contribution is 2.46. The summed E-state index contributed by atoms with van der Waals surface area (Å²) in [6, 6.07) is 3.42. The first-order chi connectivity index (χ1) is 18.6. The third kappa shape index (κ3) is 3.32. The van der Waals surface area contributed by atoms with E-state index in [4.69, 9.17) is 9.72 Å². The summed E-state index contributed by atoms with van der Waals surface area (Å²) in [5, 5.41) is 25.9. The number of aliphatic hydroxyl groups is 2. The minimum absolute atomic E-state index is 0.0188. The summed E-state index contributed by atoms with van der Waals surface area (Å²) in [6.07, 6.45) is 2.21. The molecule has 1 unspecified atom stereocenters. The highest BCUT2D eigenvalue weighted by atomic mass is 16.6. The Morgan fingerprint density at radius 1 is 1.21 bits per heavy atom. The molecule has 3 atom stereocenters. The van der Waals surface area contributed by atoms with Crippen molar-refractivity contribution in [3.05, 3.63) is 61.4 Å². The molecule has 1 fully saturated rings. The van der Waals surface area contributed by atoms with Gasteiger partial charge in [0, 0.05) is 16.5 Å². The summed E-state index contributed by atoms with van der Waals surface area (Å²) in [5.41, 5.74) is 5.59. The lowest BCUT2D eigenvalue weighted by Crippen LogP contribution is -2.44. The Labute approximate surface area is 224 Å². The van der Waals surface area contributed by atoms with Crippen molar-refractivity contribution in [2.24, 2.45) is 5.92 Å². The van der Waals surface area contributed by atoms with Gasteiger partial charge in [0.25, 0.3) is 5.56 Å². The highest BCUT2D eigenvalue weighted by Gasteiger charge is 2.46. The first-order valence-corrected chi connectivity index (χ1v) is 13.7. The molecular formula is C30H31N3O6. The molecule has 9 heteroatoms. The summed E-state index contributed by atoms with van der Waals surface area (Å²) in [6.45, 7) is 5.92. The minimum Gasteiger partial charge on any atom is -0.458 e. The molecule has 3 aromatic rings. The molecule has 2 aliphatic carbocycles. The van der Waals surface area contributed by atoms with Gasteiger partial charge < -0.3 is 24.8 Å². The standard InChI is InChI=1S/C30H31N3O6/c1-4-30(38)19-10-22-25-17(11-33(22)28(36)18(19)12-39-29(30)37)24-20(32-27(35)26(34)15-5-6-15)8-7-16-14(3)13(2)9-21(31-25)23(16)24/h9-10,15,20,26,34,38H,4-8,11-12H2,1-3H3,(H,32,35)/t20-,26?,30+/m1/s1. The van der Waals surface area contributed by atoms with E-state index in [9.17, 15) is 24.6 Å². The number of hydrogen-bond acceptors (Lipinski definition) is 7. The number of aliphatic hydroxyl groups excluding tert-OH is 1. The average molecular weight is 530 g/mol. The highest BCUT2D eigenvalue weighted by molar-refractivity contribution is 5.94. The van der Waals surface area contributed by atoms with Crippen molar-refractivity contribution in [3.63, 3.8) is 0 Å². The molecule has 1 saturated carbocycles. The molecule has 7 rings (SSSR count). The number of aryl methyl sites for hydroxylation is 2. The molecular weight excluding hydrogens is 498 g/mol. The van der Waals surface area contributed by atoms with Crippen LogP contribution in [-0.2, 0) is 39.5 Å². The Bertz CT molecular complexity index is 1690. The number of esters is 1. The lowest BCUT2D eigenvalue weighted by Gasteiger charge is -2.31. The van der Waals surface area contributed by atoms with E-state index in [1.165, 1.54) is 11.1 Å². The van der Waals surface area contributed by atoms with Gasteiger partial charge in [-0.2, -0.15) is 0 Å². The maximum Gasteiger partial charge on any atom is 0.343 e. The van der Waals surface area contributed by atoms with Crippen molar-refractivity contribution in [1.29, 1.82) is 0 Å². The van der Waals surface area contributed by atoms with E-state index in [0.29, 0.717) is 17.8 Å². The largest absolute Gasteiger partial charge is 0.458 e. The van der Waals surface area contributed by atoms with Crippen LogP contribution in [0.15, 0.2) is 16.9 Å². The van der Waals surface area contributed by atoms with Gasteiger partial charge in [-0.15, -0.1) is 0 Å². The Morgan fingerprint density at radius 2 is 1.97 bits per heavy atom. The molecule has 202 valence electrons. The van der Waals surface area contributed by atoms with E-state index >= 15 is 0 Å². The van der Waals surface area contributed by atoms with Crippen LogP contribution in [0.4, 0.5) is 0 Å². The van der Waals surface area contributed by atoms with E-state index in [2.05, 4.69) is 19.2 Å². The molecule has 2 aromatic heterocycles. The zero-order valence-electron chi connectivity index (χ0n) is 22.3. The summed E-state index contributed by atoms with van der Waals surface area (Å²) in [5.74, 6) is -1.10. The quantitative estimate of drug-likeness (QED) is 0.346. The van der Waals surface area contributed by atoms with E-state index < -0.39 is 17.7 Å². The van der Waals surface area contributed by atoms with Crippen LogP contribution in [0.5, 0.6) is 0 Å². The minimum atomic E-state index is -1.90. The van der Waals surface area contributed by atoms with Crippen molar-refractivity contribution in [2.75, 3.05) is 0 Å². The fourth-order valence-electron chi connectivity index (χ4n) is 6.76. The molecule has 0 spiro atoms. The summed E-state index contributed by atoms with van der Waals surface area (Å²) in [4.78, 5) is 44.4. The topological polar surface area (TPSA) is 131 Å². The van der Waals surface area contributed by atoms with Crippen LogP contribution in [0.1, 0.15) is 77.6 Å². The van der Waals surface area contributed by atoms with Crippen LogP contribution in [0.25, 0.3) is 22.3 Å². The molecule has 0 saturated heterocycles. The monoisotopic (exact) mass is 529 g/mol. The Hall–Kier alpha value is -3.56. The number of fused-ring (bicyclic) bond motifs is 5. The molecule has 9 nitrogen and oxygen atoms in total. The van der Waals surface area contributed by atoms with Gasteiger partial charge in [0.1, 0.15) is 12.7 Å². The zero-order valence-corrected chi connectivity index (χ0v) is 22.3. The molecule has 0 radical (unpaired) electrons. The molecule has 39 heavy (non-hydrogen) atoms. The maximum absolute atomic E-state index is 13.7. The van der Waals surface area contributed by atoms with Crippen LogP contribution < -0.4 is 10.9 Å². The van der Waals surface area contributed by atoms with Crippen molar-refractivity contribution >= 4 is 22.8 Å². The number of pyridine rings is 2. The van der Waals surface area contributed by atoms with Gasteiger partial charge in [0.05, 0.1) is 35.1 Å². The number of aromatic nitrogens is 2. The SMILES string of the molecule is CC[C@@]1(O)C(=O)OCc2c1cc1n(c2=O)Cc2c-1nc1cc(C)c(C)c3c1c2[C@H](NC(=O)C(O)C1CC1)CC3. The predicted octanol–water partition coefficient (Wildman–Crippen LogP) is 2.57. The summed E-state index contributed by atoms with van der Waals surface area (Å²) < 4.78 is 6.84. The van der Waals surface area contributed by atoms with Crippen molar-refractivity contribution < 1.29 is 24.5 Å². The lowest BCUT2D eigenvalue weighted by molar-refractivity contribution is -0.172. The molecule has 1 amide bonds. The van der Waals surface area contributed by atoms with Crippen LogP contribution in [0, 0.1) is 19.8 Å². The summed E-state index contributed by atoms with van der Waals surface area (Å²) >= 11 is 0. The van der Waals surface area contributed by atoms with Crippen molar-refractivity contribution in [2.45, 2.75) is 83.8 Å². The number of hydrogen-bond donors (Lipinski definition) is 3. The normalized spacial score (nSPS) is 23.6. The number of rotatable bonds is 4. The number of benzene rings is 1. The number of ether oxygens (including phenoxy) is 1. The van der Waals surface area contributed by atoms with Gasteiger partial charge in [-0.3, -0.25) is 9.59 Å². The second-order valence-corrected chi connectivity index (χ2v) is 11.5. The molecule has 3 N–H and O–H groups in total. The van der Waals surface area contributed by atoms with Crippen LogP contribution in [-0.4, -0.2) is 37.7 Å². The number of cyclic esters (lactones) is 1. The predicted molar refractivity (Wildman–Crippen MR) is 142 cm³/mol. The molecule has 4 aliphatic rings. The van der Waals surface area contributed by atoms with E-state index in [-0.39, 0.29) is 54.1 Å². The summed E-state index contributed by atoms with van der Waals surface area (Å²) in [7, 11) is 0. The van der Waals surface area contributed by atoms with Gasteiger partial charge in [0.15, 0.2) is 5.60 Å². The number of carbonyl (C=O) groups is 2. The Kier molecular flexibility index (Phi) is 5.16. The average Bonchev–Trinajstić information content (AvgIpc) is 3.71. The third-order valence-corrected chi connectivity index (χ3v) is 9.35. The van der Waals surface area contributed by atoms with E-state index in [1.54, 1.807) is 17.6 Å². The molecule has 0 bridgehead atoms. The van der Waals surface area contributed by atoms with Gasteiger partial charge in [-0.05, 0) is 86.3 Å². The second-order valence-electron chi connectivity index (χ2n) is 11.5. The fraction of sp³-hybridized carbons (Fsp3) is 0.467. The molecule has 1 aromatic carbocycles. The number of nitrogens with zero attached hydrogens (tertiary/aromatic N) is 2. The van der Waals surface area contributed by atoms with E-state index in [0.717, 1.165) is 46.9 Å². The second kappa shape index (κ2) is 8.22. The Morgan fingerprint density at radius 3 is 2.69 bits per heavy atom. The third-order valence-electron chi connectivity index (χ3n) is 9.35. The van der Waals surface area contributed by atoms with Gasteiger partial charge in [0.2, 0.25) is 5.91 Å². The molecule has 2 aliphatic heterocycles. The van der Waals surface area contributed by atoms with Crippen molar-refractivity contribution in [1.82, 2.24) is 14.9 Å². The number of amides is 1. The van der Waals surface area contributed by atoms with E-state index in [1.807, 2.05) is 6.07 Å². The van der Waals surface area contributed by atoms with Gasteiger partial charge >= 0.3 is 5.97 Å². The zero-order chi connectivity index (χ0) is 27.4. The van der Waals surface area contributed by atoms with Crippen molar-refractivity contribution in [3.8, 4) is 11.4 Å². The maximum atomic E-state index is 13.7. The first-order valence-electron chi connectivity index (χ1n) is 13.7. The smallest absolute Gasteiger partial charge is 0.343 e. The van der Waals surface area contributed by atoms with Gasteiger partial charge in [-0.25, -0.2) is 9.78 Å². The van der Waals surface area contributed by atoms with Crippen LogP contribution >= 0.6 is 0 Å². The Balaban J connectivity index is 1.46.